The van der Waals surface area contributed by atoms with Crippen LogP contribution in [0, 0.1) is 5.82 Å². The summed E-state index contributed by atoms with van der Waals surface area (Å²) >= 11 is 0. The molecular formula is C23H23FN2O3. The summed E-state index contributed by atoms with van der Waals surface area (Å²) in [4.78, 5) is 14.4. The first-order chi connectivity index (χ1) is 14.2. The molecule has 0 saturated carbocycles. The Morgan fingerprint density at radius 3 is 2.76 bits per heavy atom. The molecule has 150 valence electrons. The van der Waals surface area contributed by atoms with Crippen molar-refractivity contribution in [1.82, 2.24) is 10.2 Å². The average Bonchev–Trinajstić information content (AvgIpc) is 3.18. The van der Waals surface area contributed by atoms with Crippen LogP contribution in [0.15, 0.2) is 71.3 Å². The Kier molecular flexibility index (Phi) is 5.91. The molecule has 1 aliphatic rings. The Bertz CT molecular complexity index is 958. The topological polar surface area (TPSA) is 54.7 Å². The minimum absolute atomic E-state index is 0.0534. The molecule has 3 aromatic rings. The SMILES string of the molecule is O=C(CCN1Cc2ccccc2OC(c2ccccc2F)C1)NCc1ccco1. The van der Waals surface area contributed by atoms with Gasteiger partial charge in [-0.15, -0.1) is 0 Å². The Hall–Kier alpha value is -3.12. The molecule has 0 fully saturated rings. The lowest BCUT2D eigenvalue weighted by Gasteiger charge is -2.24. The number of hydrogen-bond acceptors (Lipinski definition) is 4. The van der Waals surface area contributed by atoms with E-state index in [4.69, 9.17) is 9.15 Å². The summed E-state index contributed by atoms with van der Waals surface area (Å²) in [6, 6.07) is 18.1. The largest absolute Gasteiger partial charge is 0.484 e. The van der Waals surface area contributed by atoms with Crippen molar-refractivity contribution >= 4 is 5.91 Å². The first-order valence-electron chi connectivity index (χ1n) is 9.69. The first kappa shape index (κ1) is 19.2. The summed E-state index contributed by atoms with van der Waals surface area (Å²) < 4.78 is 25.8. The fraction of sp³-hybridized carbons (Fsp3) is 0.261. The van der Waals surface area contributed by atoms with Crippen molar-refractivity contribution in [1.29, 1.82) is 0 Å². The summed E-state index contributed by atoms with van der Waals surface area (Å²) in [5.41, 5.74) is 1.55. The zero-order valence-corrected chi connectivity index (χ0v) is 16.0. The van der Waals surface area contributed by atoms with Gasteiger partial charge < -0.3 is 14.5 Å². The van der Waals surface area contributed by atoms with E-state index in [-0.39, 0.29) is 11.7 Å². The van der Waals surface area contributed by atoms with Crippen molar-refractivity contribution in [3.8, 4) is 5.75 Å². The molecule has 0 radical (unpaired) electrons. The minimum Gasteiger partial charge on any atom is -0.484 e. The van der Waals surface area contributed by atoms with E-state index >= 15 is 0 Å². The summed E-state index contributed by atoms with van der Waals surface area (Å²) in [7, 11) is 0. The number of hydrogen-bond donors (Lipinski definition) is 1. The molecule has 1 aromatic heterocycles. The van der Waals surface area contributed by atoms with E-state index in [1.54, 1.807) is 24.5 Å². The second kappa shape index (κ2) is 8.92. The molecule has 1 unspecified atom stereocenters. The summed E-state index contributed by atoms with van der Waals surface area (Å²) in [6.45, 7) is 2.07. The molecule has 0 saturated heterocycles. The third kappa shape index (κ3) is 4.84. The van der Waals surface area contributed by atoms with Crippen LogP contribution in [0.3, 0.4) is 0 Å². The van der Waals surface area contributed by atoms with Gasteiger partial charge in [-0.05, 0) is 24.3 Å². The van der Waals surface area contributed by atoms with Gasteiger partial charge >= 0.3 is 0 Å². The highest BCUT2D eigenvalue weighted by Gasteiger charge is 2.26. The van der Waals surface area contributed by atoms with E-state index in [9.17, 15) is 9.18 Å². The van der Waals surface area contributed by atoms with Crippen molar-refractivity contribution in [3.63, 3.8) is 0 Å². The smallest absolute Gasteiger partial charge is 0.221 e. The number of fused-ring (bicyclic) bond motifs is 1. The molecule has 2 aromatic carbocycles. The number of carbonyl (C=O) groups is 1. The molecule has 2 heterocycles. The number of para-hydroxylation sites is 1. The fourth-order valence-corrected chi connectivity index (χ4v) is 3.50. The van der Waals surface area contributed by atoms with E-state index < -0.39 is 6.10 Å². The zero-order valence-electron chi connectivity index (χ0n) is 16.0. The second-order valence-corrected chi connectivity index (χ2v) is 7.08. The van der Waals surface area contributed by atoms with Crippen molar-refractivity contribution in [2.45, 2.75) is 25.6 Å². The molecule has 4 rings (SSSR count). The van der Waals surface area contributed by atoms with Gasteiger partial charge in [0.05, 0.1) is 12.8 Å². The van der Waals surface area contributed by atoms with Gasteiger partial charge in [-0.25, -0.2) is 4.39 Å². The molecule has 29 heavy (non-hydrogen) atoms. The van der Waals surface area contributed by atoms with E-state index in [0.717, 1.165) is 17.1 Å². The van der Waals surface area contributed by atoms with E-state index in [1.807, 2.05) is 36.4 Å². The van der Waals surface area contributed by atoms with Gasteiger partial charge in [-0.3, -0.25) is 9.69 Å². The number of carbonyl (C=O) groups excluding carboxylic acids is 1. The molecule has 1 atom stereocenters. The highest BCUT2D eigenvalue weighted by atomic mass is 19.1. The average molecular weight is 394 g/mol. The summed E-state index contributed by atoms with van der Waals surface area (Å²) in [5, 5.41) is 2.86. The van der Waals surface area contributed by atoms with Crippen LogP contribution in [0.5, 0.6) is 5.75 Å². The van der Waals surface area contributed by atoms with Crippen LogP contribution in [0.25, 0.3) is 0 Å². The van der Waals surface area contributed by atoms with Gasteiger partial charge in [0.1, 0.15) is 23.4 Å². The number of benzene rings is 2. The molecule has 0 bridgehead atoms. The number of ether oxygens (including phenoxy) is 1. The van der Waals surface area contributed by atoms with Crippen LogP contribution in [-0.2, 0) is 17.9 Å². The predicted octanol–water partition coefficient (Wildman–Crippen LogP) is 4.06. The van der Waals surface area contributed by atoms with Gasteiger partial charge in [0.25, 0.3) is 0 Å². The van der Waals surface area contributed by atoms with Crippen LogP contribution in [0.2, 0.25) is 0 Å². The predicted molar refractivity (Wildman–Crippen MR) is 107 cm³/mol. The van der Waals surface area contributed by atoms with Gasteiger partial charge in [0.15, 0.2) is 0 Å². The minimum atomic E-state index is -0.439. The lowest BCUT2D eigenvalue weighted by Crippen LogP contribution is -2.33. The highest BCUT2D eigenvalue weighted by molar-refractivity contribution is 5.76. The van der Waals surface area contributed by atoms with Crippen molar-refractivity contribution in [2.75, 3.05) is 13.1 Å². The van der Waals surface area contributed by atoms with Gasteiger partial charge in [-0.1, -0.05) is 36.4 Å². The van der Waals surface area contributed by atoms with Crippen LogP contribution in [0.4, 0.5) is 4.39 Å². The maximum atomic E-state index is 14.4. The summed E-state index contributed by atoms with van der Waals surface area (Å²) in [6.07, 6.45) is 1.48. The number of amides is 1. The van der Waals surface area contributed by atoms with E-state index in [1.165, 1.54) is 6.07 Å². The normalized spacial score (nSPS) is 16.5. The number of halogens is 1. The molecule has 1 amide bonds. The standard InChI is InChI=1S/C23H23FN2O3/c24-20-9-3-2-8-19(20)22-16-26(15-17-6-1-4-10-21(17)29-22)12-11-23(27)25-14-18-7-5-13-28-18/h1-10,13,22H,11-12,14-16H2,(H,25,27). The number of rotatable bonds is 6. The Balaban J connectivity index is 1.44. The molecule has 5 nitrogen and oxygen atoms in total. The molecule has 1 N–H and O–H groups in total. The number of nitrogens with zero attached hydrogens (tertiary/aromatic N) is 1. The van der Waals surface area contributed by atoms with Crippen molar-refractivity contribution in [2.24, 2.45) is 0 Å². The van der Waals surface area contributed by atoms with Gasteiger partial charge in [0, 0.05) is 37.2 Å². The molecule has 0 spiro atoms. The zero-order chi connectivity index (χ0) is 20.1. The molecular weight excluding hydrogens is 371 g/mol. The van der Waals surface area contributed by atoms with E-state index in [0.29, 0.717) is 38.2 Å². The highest BCUT2D eigenvalue weighted by Crippen LogP contribution is 2.32. The lowest BCUT2D eigenvalue weighted by molar-refractivity contribution is -0.121. The van der Waals surface area contributed by atoms with Gasteiger partial charge in [0.2, 0.25) is 5.91 Å². The second-order valence-electron chi connectivity index (χ2n) is 7.08. The molecule has 1 aliphatic heterocycles. The maximum Gasteiger partial charge on any atom is 0.221 e. The third-order valence-corrected chi connectivity index (χ3v) is 5.01. The van der Waals surface area contributed by atoms with Crippen LogP contribution < -0.4 is 10.1 Å². The quantitative estimate of drug-likeness (QED) is 0.685. The molecule has 0 aliphatic carbocycles. The van der Waals surface area contributed by atoms with Crippen LogP contribution in [-0.4, -0.2) is 23.9 Å². The Labute approximate surface area is 169 Å². The summed E-state index contributed by atoms with van der Waals surface area (Å²) in [5.74, 6) is 1.14. The third-order valence-electron chi connectivity index (χ3n) is 5.01. The van der Waals surface area contributed by atoms with Crippen molar-refractivity contribution in [3.05, 3.63) is 89.6 Å². The fourth-order valence-electron chi connectivity index (χ4n) is 3.50. The van der Waals surface area contributed by atoms with Crippen LogP contribution >= 0.6 is 0 Å². The van der Waals surface area contributed by atoms with Gasteiger partial charge in [-0.2, -0.15) is 0 Å². The molecule has 6 heteroatoms. The Morgan fingerprint density at radius 2 is 1.93 bits per heavy atom. The monoisotopic (exact) mass is 394 g/mol. The maximum absolute atomic E-state index is 14.4. The number of nitrogens with one attached hydrogen (secondary N) is 1. The van der Waals surface area contributed by atoms with Crippen LogP contribution in [0.1, 0.15) is 29.4 Å². The van der Waals surface area contributed by atoms with E-state index in [2.05, 4.69) is 10.2 Å². The Morgan fingerprint density at radius 1 is 1.10 bits per heavy atom. The lowest BCUT2D eigenvalue weighted by atomic mass is 10.1. The number of furan rings is 1. The van der Waals surface area contributed by atoms with Crippen molar-refractivity contribution < 1.29 is 18.3 Å². The first-order valence-corrected chi connectivity index (χ1v) is 9.69.